The van der Waals surface area contributed by atoms with Crippen LogP contribution in [-0.2, 0) is 4.79 Å². The van der Waals surface area contributed by atoms with Crippen molar-refractivity contribution in [3.05, 3.63) is 53.6 Å². The average molecular weight is 329 g/mol. The van der Waals surface area contributed by atoms with Crippen LogP contribution in [0, 0.1) is 18.7 Å². The van der Waals surface area contributed by atoms with Crippen LogP contribution in [0.2, 0.25) is 0 Å². The minimum Gasteiger partial charge on any atom is -0.357 e. The Morgan fingerprint density at radius 1 is 1.33 bits per heavy atom. The minimum atomic E-state index is -0.301. The van der Waals surface area contributed by atoms with Crippen molar-refractivity contribution in [3.63, 3.8) is 0 Å². The van der Waals surface area contributed by atoms with Gasteiger partial charge in [0.2, 0.25) is 5.91 Å². The third-order valence-electron chi connectivity index (χ3n) is 4.61. The summed E-state index contributed by atoms with van der Waals surface area (Å²) in [7, 11) is 0. The SMILES string of the molecule is Cc1cc(NC(=O)C2CCN(C(=O)c3ccc[nH]3)C2C)ccc1F. The van der Waals surface area contributed by atoms with E-state index in [1.165, 1.54) is 6.07 Å². The third kappa shape index (κ3) is 3.04. The van der Waals surface area contributed by atoms with Gasteiger partial charge in [-0.2, -0.15) is 0 Å². The number of carbonyl (C=O) groups excluding carboxylic acids is 2. The lowest BCUT2D eigenvalue weighted by Crippen LogP contribution is -2.39. The molecule has 0 aliphatic carbocycles. The number of aromatic amines is 1. The number of hydrogen-bond donors (Lipinski definition) is 2. The van der Waals surface area contributed by atoms with Crippen LogP contribution < -0.4 is 5.32 Å². The highest BCUT2D eigenvalue weighted by molar-refractivity contribution is 5.96. The molecule has 5 nitrogen and oxygen atoms in total. The summed E-state index contributed by atoms with van der Waals surface area (Å²) in [6.45, 7) is 4.08. The summed E-state index contributed by atoms with van der Waals surface area (Å²) in [5, 5.41) is 2.83. The van der Waals surface area contributed by atoms with E-state index in [1.54, 1.807) is 42.3 Å². The van der Waals surface area contributed by atoms with E-state index in [1.807, 2.05) is 6.92 Å². The van der Waals surface area contributed by atoms with Gasteiger partial charge in [-0.25, -0.2) is 4.39 Å². The highest BCUT2D eigenvalue weighted by atomic mass is 19.1. The number of benzene rings is 1. The fourth-order valence-corrected chi connectivity index (χ4v) is 3.15. The molecule has 126 valence electrons. The Morgan fingerprint density at radius 3 is 2.79 bits per heavy atom. The van der Waals surface area contributed by atoms with Crippen LogP contribution in [0.4, 0.5) is 10.1 Å². The lowest BCUT2D eigenvalue weighted by atomic mass is 10.0. The van der Waals surface area contributed by atoms with E-state index in [4.69, 9.17) is 0 Å². The van der Waals surface area contributed by atoms with Crippen LogP contribution >= 0.6 is 0 Å². The maximum absolute atomic E-state index is 13.3. The van der Waals surface area contributed by atoms with E-state index in [9.17, 15) is 14.0 Å². The fraction of sp³-hybridized carbons (Fsp3) is 0.333. The molecule has 2 unspecified atom stereocenters. The lowest BCUT2D eigenvalue weighted by molar-refractivity contribution is -0.120. The Labute approximate surface area is 139 Å². The minimum absolute atomic E-state index is 0.0968. The van der Waals surface area contributed by atoms with Crippen LogP contribution in [-0.4, -0.2) is 34.3 Å². The highest BCUT2D eigenvalue weighted by Crippen LogP contribution is 2.27. The highest BCUT2D eigenvalue weighted by Gasteiger charge is 2.38. The summed E-state index contributed by atoms with van der Waals surface area (Å²) in [5.41, 5.74) is 1.58. The van der Waals surface area contributed by atoms with Crippen LogP contribution in [0.15, 0.2) is 36.5 Å². The first kappa shape index (κ1) is 16.2. The second-order valence-corrected chi connectivity index (χ2v) is 6.17. The van der Waals surface area contributed by atoms with Gasteiger partial charge in [0, 0.05) is 24.5 Å². The molecule has 1 aromatic carbocycles. The second-order valence-electron chi connectivity index (χ2n) is 6.17. The summed E-state index contributed by atoms with van der Waals surface area (Å²) in [6.07, 6.45) is 2.31. The van der Waals surface area contributed by atoms with Crippen LogP contribution in [0.1, 0.15) is 29.4 Å². The topological polar surface area (TPSA) is 65.2 Å². The molecule has 1 aliphatic rings. The number of likely N-dealkylation sites (tertiary alicyclic amines) is 1. The van der Waals surface area contributed by atoms with Crippen molar-refractivity contribution >= 4 is 17.5 Å². The molecule has 2 N–H and O–H groups in total. The number of nitrogens with one attached hydrogen (secondary N) is 2. The van der Waals surface area contributed by atoms with Crippen molar-refractivity contribution in [1.29, 1.82) is 0 Å². The molecule has 0 spiro atoms. The molecule has 2 amide bonds. The van der Waals surface area contributed by atoms with Crippen LogP contribution in [0.25, 0.3) is 0 Å². The zero-order valence-electron chi connectivity index (χ0n) is 13.7. The Hall–Kier alpha value is -2.63. The molecule has 0 bridgehead atoms. The van der Waals surface area contributed by atoms with Gasteiger partial charge < -0.3 is 15.2 Å². The van der Waals surface area contributed by atoms with Gasteiger partial charge in [0.15, 0.2) is 0 Å². The van der Waals surface area contributed by atoms with Crippen molar-refractivity contribution in [2.45, 2.75) is 26.3 Å². The first-order valence-electron chi connectivity index (χ1n) is 7.98. The molecule has 2 heterocycles. The largest absolute Gasteiger partial charge is 0.357 e. The predicted molar refractivity (Wildman–Crippen MR) is 89.2 cm³/mol. The van der Waals surface area contributed by atoms with Gasteiger partial charge in [-0.05, 0) is 56.2 Å². The first-order chi connectivity index (χ1) is 11.5. The van der Waals surface area contributed by atoms with Gasteiger partial charge in [0.25, 0.3) is 5.91 Å². The summed E-state index contributed by atoms with van der Waals surface area (Å²) < 4.78 is 13.3. The molecule has 0 saturated carbocycles. The van der Waals surface area contributed by atoms with Crippen LogP contribution in [0.5, 0.6) is 0 Å². The maximum atomic E-state index is 13.3. The van der Waals surface area contributed by atoms with Gasteiger partial charge in [0.1, 0.15) is 11.5 Å². The molecule has 6 heteroatoms. The molecule has 2 atom stereocenters. The first-order valence-corrected chi connectivity index (χ1v) is 7.98. The van der Waals surface area contributed by atoms with E-state index < -0.39 is 0 Å². The standard InChI is InChI=1S/C18H20FN3O2/c1-11-10-13(5-6-15(11)19)21-17(23)14-7-9-22(12(14)2)18(24)16-4-3-8-20-16/h3-6,8,10,12,14,20H,7,9H2,1-2H3,(H,21,23). The van der Waals surface area contributed by atoms with E-state index in [-0.39, 0.29) is 29.6 Å². The number of hydrogen-bond acceptors (Lipinski definition) is 2. The van der Waals surface area contributed by atoms with Crippen LogP contribution in [0.3, 0.4) is 0 Å². The van der Waals surface area contributed by atoms with Crippen molar-refractivity contribution in [2.24, 2.45) is 5.92 Å². The quantitative estimate of drug-likeness (QED) is 0.909. The van der Waals surface area contributed by atoms with E-state index in [0.29, 0.717) is 29.9 Å². The zero-order valence-corrected chi connectivity index (χ0v) is 13.7. The third-order valence-corrected chi connectivity index (χ3v) is 4.61. The van der Waals surface area contributed by atoms with E-state index in [0.717, 1.165) is 0 Å². The number of rotatable bonds is 3. The molecule has 0 radical (unpaired) electrons. The summed E-state index contributed by atoms with van der Waals surface area (Å²) in [5.74, 6) is -0.824. The number of nitrogens with zero attached hydrogens (tertiary/aromatic N) is 1. The number of carbonyl (C=O) groups is 2. The molecular weight excluding hydrogens is 309 g/mol. The summed E-state index contributed by atoms with van der Waals surface area (Å²) in [6, 6.07) is 7.79. The van der Waals surface area contributed by atoms with Gasteiger partial charge in [0.05, 0.1) is 5.92 Å². The number of halogens is 1. The molecule has 24 heavy (non-hydrogen) atoms. The molecule has 1 aliphatic heterocycles. The number of amides is 2. The number of aromatic nitrogens is 1. The van der Waals surface area contributed by atoms with Crippen molar-refractivity contribution in [1.82, 2.24) is 9.88 Å². The summed E-state index contributed by atoms with van der Waals surface area (Å²) >= 11 is 0. The fourth-order valence-electron chi connectivity index (χ4n) is 3.15. The van der Waals surface area contributed by atoms with Gasteiger partial charge in [-0.15, -0.1) is 0 Å². The van der Waals surface area contributed by atoms with Crippen molar-refractivity contribution in [2.75, 3.05) is 11.9 Å². The molecular formula is C18H20FN3O2. The van der Waals surface area contributed by atoms with Gasteiger partial charge >= 0.3 is 0 Å². The van der Waals surface area contributed by atoms with Crippen molar-refractivity contribution < 1.29 is 14.0 Å². The molecule has 1 saturated heterocycles. The van der Waals surface area contributed by atoms with Crippen molar-refractivity contribution in [3.8, 4) is 0 Å². The molecule has 3 rings (SSSR count). The Kier molecular flexibility index (Phi) is 4.38. The number of H-pyrrole nitrogens is 1. The smallest absolute Gasteiger partial charge is 0.270 e. The monoisotopic (exact) mass is 329 g/mol. The molecule has 1 aromatic heterocycles. The Balaban J connectivity index is 1.68. The second kappa shape index (κ2) is 6.47. The number of anilines is 1. The van der Waals surface area contributed by atoms with Gasteiger partial charge in [-0.3, -0.25) is 9.59 Å². The maximum Gasteiger partial charge on any atom is 0.270 e. The predicted octanol–water partition coefficient (Wildman–Crippen LogP) is 2.95. The normalized spacial score (nSPS) is 20.2. The Bertz CT molecular complexity index is 758. The summed E-state index contributed by atoms with van der Waals surface area (Å²) in [4.78, 5) is 29.6. The average Bonchev–Trinajstić information content (AvgIpc) is 3.20. The van der Waals surface area contributed by atoms with Gasteiger partial charge in [-0.1, -0.05) is 0 Å². The molecule has 2 aromatic rings. The molecule has 1 fully saturated rings. The Morgan fingerprint density at radius 2 is 2.12 bits per heavy atom. The number of aryl methyl sites for hydroxylation is 1. The van der Waals surface area contributed by atoms with E-state index in [2.05, 4.69) is 10.3 Å². The van der Waals surface area contributed by atoms with E-state index >= 15 is 0 Å². The lowest BCUT2D eigenvalue weighted by Gasteiger charge is -2.24. The zero-order chi connectivity index (χ0) is 17.3.